The summed E-state index contributed by atoms with van der Waals surface area (Å²) in [5, 5.41) is 8.93. The van der Waals surface area contributed by atoms with E-state index < -0.39 is 33.5 Å². The van der Waals surface area contributed by atoms with Crippen LogP contribution in [0, 0.1) is 5.92 Å². The summed E-state index contributed by atoms with van der Waals surface area (Å²) in [6.45, 7) is 3.85. The summed E-state index contributed by atoms with van der Waals surface area (Å²) in [6, 6.07) is -0.869. The van der Waals surface area contributed by atoms with Crippen LogP contribution in [-0.2, 0) is 19.4 Å². The first kappa shape index (κ1) is 14.9. The predicted molar refractivity (Wildman–Crippen MR) is 65.9 cm³/mol. The molecule has 0 aromatic rings. The van der Waals surface area contributed by atoms with Gasteiger partial charge in [0, 0.05) is 6.54 Å². The first-order valence-corrected chi connectivity index (χ1v) is 7.78. The highest BCUT2D eigenvalue weighted by atomic mass is 32.2. The van der Waals surface area contributed by atoms with Crippen LogP contribution in [0.2, 0.25) is 0 Å². The zero-order valence-corrected chi connectivity index (χ0v) is 11.4. The largest absolute Gasteiger partial charge is 0.480 e. The Morgan fingerprint density at radius 3 is 2.50 bits per heavy atom. The molecular weight excluding hydrogens is 258 g/mol. The molecule has 1 aliphatic heterocycles. The lowest BCUT2D eigenvalue weighted by molar-refractivity contribution is -0.147. The number of likely N-dealkylation sites (tertiary alicyclic amines) is 1. The number of hydrogen-bond acceptors (Lipinski definition) is 4. The molecule has 1 rings (SSSR count). The first-order chi connectivity index (χ1) is 8.23. The molecule has 1 fully saturated rings. The molecule has 1 heterocycles. The normalized spacial score (nSPS) is 20.4. The van der Waals surface area contributed by atoms with E-state index in [2.05, 4.69) is 0 Å². The van der Waals surface area contributed by atoms with Gasteiger partial charge in [0.25, 0.3) is 0 Å². The van der Waals surface area contributed by atoms with Gasteiger partial charge < -0.3 is 10.0 Å². The Morgan fingerprint density at radius 2 is 2.00 bits per heavy atom. The van der Waals surface area contributed by atoms with Gasteiger partial charge in [-0.05, 0) is 18.8 Å². The molecule has 0 aliphatic carbocycles. The number of carboxylic acid groups (broad SMARTS) is 1. The van der Waals surface area contributed by atoms with Gasteiger partial charge in [-0.3, -0.25) is 4.79 Å². The lowest BCUT2D eigenvalue weighted by atomic mass is 10.2. The van der Waals surface area contributed by atoms with Crippen molar-refractivity contribution in [3.8, 4) is 0 Å². The van der Waals surface area contributed by atoms with Gasteiger partial charge in [-0.15, -0.1) is 0 Å². The van der Waals surface area contributed by atoms with Gasteiger partial charge >= 0.3 is 5.97 Å². The summed E-state index contributed by atoms with van der Waals surface area (Å²) in [4.78, 5) is 23.9. The molecule has 104 valence electrons. The van der Waals surface area contributed by atoms with Crippen molar-refractivity contribution in [1.29, 1.82) is 0 Å². The third-order valence-electron chi connectivity index (χ3n) is 2.79. The van der Waals surface area contributed by atoms with Crippen LogP contribution in [0.3, 0.4) is 0 Å². The SMILES string of the molecule is CC(C)CS(=O)(=O)CC(=O)N1CCCC1C(=O)O. The molecule has 1 unspecified atom stereocenters. The lowest BCUT2D eigenvalue weighted by Gasteiger charge is -2.21. The van der Waals surface area contributed by atoms with Crippen molar-refractivity contribution in [3.63, 3.8) is 0 Å². The smallest absolute Gasteiger partial charge is 0.326 e. The maximum absolute atomic E-state index is 11.8. The average Bonchev–Trinajstić information content (AvgIpc) is 2.61. The first-order valence-electron chi connectivity index (χ1n) is 5.95. The molecule has 0 aromatic carbocycles. The van der Waals surface area contributed by atoms with E-state index in [0.717, 1.165) is 0 Å². The molecule has 0 bridgehead atoms. The van der Waals surface area contributed by atoms with Crippen molar-refractivity contribution in [2.24, 2.45) is 5.92 Å². The topological polar surface area (TPSA) is 91.8 Å². The Balaban J connectivity index is 2.68. The third-order valence-corrected chi connectivity index (χ3v) is 4.65. The number of hydrogen-bond donors (Lipinski definition) is 1. The fourth-order valence-electron chi connectivity index (χ4n) is 2.16. The van der Waals surface area contributed by atoms with E-state index >= 15 is 0 Å². The maximum atomic E-state index is 11.8. The summed E-state index contributed by atoms with van der Waals surface area (Å²) >= 11 is 0. The zero-order chi connectivity index (χ0) is 13.9. The zero-order valence-electron chi connectivity index (χ0n) is 10.6. The molecule has 0 saturated carbocycles. The van der Waals surface area contributed by atoms with E-state index in [1.165, 1.54) is 4.90 Å². The van der Waals surface area contributed by atoms with Crippen LogP contribution >= 0.6 is 0 Å². The molecule has 7 heteroatoms. The molecule has 1 N–H and O–H groups in total. The van der Waals surface area contributed by atoms with E-state index in [0.29, 0.717) is 19.4 Å². The minimum atomic E-state index is -3.45. The highest BCUT2D eigenvalue weighted by Crippen LogP contribution is 2.18. The minimum Gasteiger partial charge on any atom is -0.480 e. The molecule has 1 atom stereocenters. The Bertz CT molecular complexity index is 429. The summed E-state index contributed by atoms with van der Waals surface area (Å²) in [6.07, 6.45) is 0.998. The van der Waals surface area contributed by atoms with Crippen LogP contribution < -0.4 is 0 Å². The van der Waals surface area contributed by atoms with Gasteiger partial charge in [-0.25, -0.2) is 13.2 Å². The van der Waals surface area contributed by atoms with Gasteiger partial charge in [-0.2, -0.15) is 0 Å². The van der Waals surface area contributed by atoms with Crippen molar-refractivity contribution in [2.75, 3.05) is 18.1 Å². The van der Waals surface area contributed by atoms with Crippen LogP contribution in [-0.4, -0.2) is 54.4 Å². The summed E-state index contributed by atoms with van der Waals surface area (Å²) in [5.41, 5.74) is 0. The van der Waals surface area contributed by atoms with Gasteiger partial charge in [0.15, 0.2) is 9.84 Å². The van der Waals surface area contributed by atoms with Crippen molar-refractivity contribution in [1.82, 2.24) is 4.90 Å². The van der Waals surface area contributed by atoms with Gasteiger partial charge in [0.2, 0.25) is 5.91 Å². The number of sulfone groups is 1. The summed E-state index contributed by atoms with van der Waals surface area (Å²) in [7, 11) is -3.45. The van der Waals surface area contributed by atoms with Crippen molar-refractivity contribution in [3.05, 3.63) is 0 Å². The van der Waals surface area contributed by atoms with Crippen LogP contribution in [0.15, 0.2) is 0 Å². The molecule has 1 amide bonds. The molecule has 1 saturated heterocycles. The molecule has 0 radical (unpaired) electrons. The predicted octanol–water partition coefficient (Wildman–Crippen LogP) is 0.133. The standard InChI is InChI=1S/C11H19NO5S/c1-8(2)6-18(16,17)7-10(13)12-5-3-4-9(12)11(14)15/h8-9H,3-7H2,1-2H3,(H,14,15). The average molecular weight is 277 g/mol. The van der Waals surface area contributed by atoms with Crippen molar-refractivity contribution >= 4 is 21.7 Å². The van der Waals surface area contributed by atoms with E-state index in [-0.39, 0.29) is 11.7 Å². The van der Waals surface area contributed by atoms with E-state index in [1.54, 1.807) is 13.8 Å². The molecule has 0 spiro atoms. The second-order valence-corrected chi connectivity index (χ2v) is 7.14. The Hall–Kier alpha value is -1.11. The number of rotatable bonds is 5. The Labute approximate surface area is 107 Å². The highest BCUT2D eigenvalue weighted by molar-refractivity contribution is 7.92. The van der Waals surface area contributed by atoms with E-state index in [9.17, 15) is 18.0 Å². The maximum Gasteiger partial charge on any atom is 0.326 e. The number of nitrogens with zero attached hydrogens (tertiary/aromatic N) is 1. The lowest BCUT2D eigenvalue weighted by Crippen LogP contribution is -2.43. The molecule has 1 aliphatic rings. The van der Waals surface area contributed by atoms with Crippen LogP contribution in [0.25, 0.3) is 0 Å². The number of carbonyl (C=O) groups is 2. The minimum absolute atomic E-state index is 0.0448. The van der Waals surface area contributed by atoms with E-state index in [4.69, 9.17) is 5.11 Å². The Morgan fingerprint density at radius 1 is 1.39 bits per heavy atom. The van der Waals surface area contributed by atoms with Gasteiger partial charge in [0.1, 0.15) is 11.8 Å². The van der Waals surface area contributed by atoms with Gasteiger partial charge in [0.05, 0.1) is 5.75 Å². The molecule has 18 heavy (non-hydrogen) atoms. The van der Waals surface area contributed by atoms with Crippen LogP contribution in [0.4, 0.5) is 0 Å². The van der Waals surface area contributed by atoms with Crippen molar-refractivity contribution < 1.29 is 23.1 Å². The van der Waals surface area contributed by atoms with Crippen LogP contribution in [0.1, 0.15) is 26.7 Å². The number of amides is 1. The van der Waals surface area contributed by atoms with Crippen LogP contribution in [0.5, 0.6) is 0 Å². The third kappa shape index (κ3) is 3.97. The monoisotopic (exact) mass is 277 g/mol. The Kier molecular flexibility index (Phi) is 4.72. The second-order valence-electron chi connectivity index (χ2n) is 5.03. The molecular formula is C11H19NO5S. The number of carbonyl (C=O) groups excluding carboxylic acids is 1. The quantitative estimate of drug-likeness (QED) is 0.771. The van der Waals surface area contributed by atoms with Gasteiger partial charge in [-0.1, -0.05) is 13.8 Å². The summed E-state index contributed by atoms with van der Waals surface area (Å²) < 4.78 is 23.4. The molecule has 0 aromatic heterocycles. The van der Waals surface area contributed by atoms with E-state index in [1.807, 2.05) is 0 Å². The van der Waals surface area contributed by atoms with Crippen molar-refractivity contribution in [2.45, 2.75) is 32.7 Å². The molecule has 6 nitrogen and oxygen atoms in total. The number of aliphatic carboxylic acids is 1. The fraction of sp³-hybridized carbons (Fsp3) is 0.818. The highest BCUT2D eigenvalue weighted by Gasteiger charge is 2.35. The number of carboxylic acids is 1. The summed E-state index contributed by atoms with van der Waals surface area (Å²) in [5.74, 6) is -2.35. The fourth-order valence-corrected chi connectivity index (χ4v) is 3.84. The second kappa shape index (κ2) is 5.69.